The van der Waals surface area contributed by atoms with E-state index in [4.69, 9.17) is 15.1 Å². The predicted octanol–water partition coefficient (Wildman–Crippen LogP) is 1.83. The molecule has 0 bridgehead atoms. The van der Waals surface area contributed by atoms with Gasteiger partial charge in [0.2, 0.25) is 0 Å². The molecule has 2 rings (SSSR count). The molecule has 1 aliphatic rings. The van der Waals surface area contributed by atoms with Crippen LogP contribution in [0.3, 0.4) is 0 Å². The second-order valence-corrected chi connectivity index (χ2v) is 4.56. The number of rotatable bonds is 6. The molecule has 1 aromatic rings. The van der Waals surface area contributed by atoms with Crippen molar-refractivity contribution in [3.63, 3.8) is 0 Å². The van der Waals surface area contributed by atoms with Gasteiger partial charge in [0.05, 0.1) is 19.4 Å². The Balaban J connectivity index is 1.78. The van der Waals surface area contributed by atoms with Crippen molar-refractivity contribution in [1.29, 1.82) is 0 Å². The van der Waals surface area contributed by atoms with Crippen LogP contribution in [0.4, 0.5) is 0 Å². The lowest BCUT2D eigenvalue weighted by Crippen LogP contribution is -2.22. The van der Waals surface area contributed by atoms with Crippen molar-refractivity contribution < 1.29 is 9.39 Å². The fourth-order valence-electron chi connectivity index (χ4n) is 2.41. The molecule has 4 heteroatoms. The van der Waals surface area contributed by atoms with Crippen LogP contribution in [-0.2, 0) is 16.0 Å². The third kappa shape index (κ3) is 3.84. The maximum absolute atomic E-state index is 5.98. The first-order valence-electron chi connectivity index (χ1n) is 6.33. The molecule has 1 aromatic carbocycles. The van der Waals surface area contributed by atoms with Gasteiger partial charge >= 0.3 is 0 Å². The molecule has 0 aliphatic heterocycles. The average molecular weight is 233 g/mol. The predicted molar refractivity (Wildman–Crippen MR) is 69.9 cm³/mol. The molecular formula is C13H20BNO2. The Bertz CT molecular complexity index is 320. The van der Waals surface area contributed by atoms with Crippen molar-refractivity contribution in [2.75, 3.05) is 6.73 Å². The van der Waals surface area contributed by atoms with Gasteiger partial charge in [-0.25, -0.2) is 0 Å². The highest BCUT2D eigenvalue weighted by molar-refractivity contribution is 6.29. The monoisotopic (exact) mass is 233 g/mol. The summed E-state index contributed by atoms with van der Waals surface area (Å²) in [5.41, 5.74) is 6.59. The van der Waals surface area contributed by atoms with E-state index in [1.807, 2.05) is 18.2 Å². The quantitative estimate of drug-likeness (QED) is 0.602. The molecule has 0 saturated heterocycles. The largest absolute Gasteiger partial charge is 0.427 e. The minimum Gasteiger partial charge on any atom is -0.427 e. The number of ether oxygens (including phenoxy) is 1. The lowest BCUT2D eigenvalue weighted by molar-refractivity contribution is 0.0434. The zero-order valence-corrected chi connectivity index (χ0v) is 10.2. The normalized spacial score (nSPS) is 23.8. The van der Waals surface area contributed by atoms with Crippen LogP contribution in [0, 0.1) is 0 Å². The fourth-order valence-corrected chi connectivity index (χ4v) is 2.41. The first kappa shape index (κ1) is 12.6. The summed E-state index contributed by atoms with van der Waals surface area (Å²) in [6.07, 6.45) is 3.91. The standard InChI is InChI=1S/C13H20BNO2/c15-10-17-14-12-7-4-8-13(12)16-9-11-5-2-1-3-6-11/h1-3,5-6,12-14H,4,7-10,15H2/t12-,13-/m1/s1. The minimum absolute atomic E-state index is 0.307. The highest BCUT2D eigenvalue weighted by atomic mass is 16.5. The van der Waals surface area contributed by atoms with Crippen LogP contribution in [0.5, 0.6) is 0 Å². The number of hydrogen-bond donors (Lipinski definition) is 1. The van der Waals surface area contributed by atoms with E-state index in [-0.39, 0.29) is 0 Å². The smallest absolute Gasteiger partial charge is 0.282 e. The highest BCUT2D eigenvalue weighted by Crippen LogP contribution is 2.33. The van der Waals surface area contributed by atoms with Crippen LogP contribution < -0.4 is 5.73 Å². The van der Waals surface area contributed by atoms with Gasteiger partial charge in [-0.15, -0.1) is 0 Å². The Kier molecular flexibility index (Phi) is 5.04. The maximum atomic E-state index is 5.98. The third-order valence-electron chi connectivity index (χ3n) is 3.35. The topological polar surface area (TPSA) is 44.5 Å². The Morgan fingerprint density at radius 2 is 2.06 bits per heavy atom. The molecule has 2 atom stereocenters. The Hall–Kier alpha value is -0.835. The summed E-state index contributed by atoms with van der Waals surface area (Å²) >= 11 is 0. The molecule has 0 heterocycles. The zero-order chi connectivity index (χ0) is 11.9. The van der Waals surface area contributed by atoms with Gasteiger partial charge in [-0.1, -0.05) is 43.2 Å². The van der Waals surface area contributed by atoms with Gasteiger partial charge in [0, 0.05) is 0 Å². The minimum atomic E-state index is 0.307. The summed E-state index contributed by atoms with van der Waals surface area (Å²) in [6, 6.07) is 10.3. The first-order chi connectivity index (χ1) is 8.40. The van der Waals surface area contributed by atoms with Crippen LogP contribution in [0.25, 0.3) is 0 Å². The highest BCUT2D eigenvalue weighted by Gasteiger charge is 2.29. The van der Waals surface area contributed by atoms with Crippen LogP contribution in [0.2, 0.25) is 5.82 Å². The SMILES string of the molecule is NCOB[C@@H]1CCC[C@H]1OCc1ccccc1. The molecule has 1 aliphatic carbocycles. The van der Waals surface area contributed by atoms with Crippen molar-refractivity contribution >= 4 is 7.48 Å². The van der Waals surface area contributed by atoms with Crippen molar-refractivity contribution in [1.82, 2.24) is 0 Å². The van der Waals surface area contributed by atoms with E-state index in [1.165, 1.54) is 18.4 Å². The molecule has 0 aromatic heterocycles. The van der Waals surface area contributed by atoms with E-state index < -0.39 is 0 Å². The Morgan fingerprint density at radius 1 is 1.24 bits per heavy atom. The lowest BCUT2D eigenvalue weighted by atomic mass is 9.77. The second kappa shape index (κ2) is 6.79. The van der Waals surface area contributed by atoms with Gasteiger partial charge in [0.25, 0.3) is 7.48 Å². The van der Waals surface area contributed by atoms with Gasteiger partial charge in [0.15, 0.2) is 0 Å². The van der Waals surface area contributed by atoms with Crippen molar-refractivity contribution in [3.8, 4) is 0 Å². The molecule has 0 amide bonds. The molecule has 3 nitrogen and oxygen atoms in total. The maximum Gasteiger partial charge on any atom is 0.282 e. The fraction of sp³-hybridized carbons (Fsp3) is 0.538. The van der Waals surface area contributed by atoms with Gasteiger partial charge < -0.3 is 15.1 Å². The third-order valence-corrected chi connectivity index (χ3v) is 3.35. The first-order valence-corrected chi connectivity index (χ1v) is 6.33. The molecule has 1 saturated carbocycles. The lowest BCUT2D eigenvalue weighted by Gasteiger charge is -2.19. The Morgan fingerprint density at radius 3 is 2.82 bits per heavy atom. The van der Waals surface area contributed by atoms with Gasteiger partial charge in [0.1, 0.15) is 0 Å². The molecule has 0 spiro atoms. The van der Waals surface area contributed by atoms with Crippen molar-refractivity contribution in [2.45, 2.75) is 37.8 Å². The van der Waals surface area contributed by atoms with E-state index in [9.17, 15) is 0 Å². The Labute approximate surface area is 104 Å². The summed E-state index contributed by atoms with van der Waals surface area (Å²) in [7, 11) is 0.732. The average Bonchev–Trinajstić information content (AvgIpc) is 2.82. The molecule has 0 radical (unpaired) electrons. The molecular weight excluding hydrogens is 213 g/mol. The zero-order valence-electron chi connectivity index (χ0n) is 10.2. The van der Waals surface area contributed by atoms with E-state index in [2.05, 4.69) is 12.1 Å². The summed E-state index contributed by atoms with van der Waals surface area (Å²) < 4.78 is 11.3. The van der Waals surface area contributed by atoms with Crippen LogP contribution in [-0.4, -0.2) is 20.3 Å². The van der Waals surface area contributed by atoms with Crippen molar-refractivity contribution in [3.05, 3.63) is 35.9 Å². The van der Waals surface area contributed by atoms with Gasteiger partial charge in [-0.05, 0) is 17.8 Å². The molecule has 92 valence electrons. The molecule has 0 unspecified atom stereocenters. The van der Waals surface area contributed by atoms with E-state index >= 15 is 0 Å². The summed E-state index contributed by atoms with van der Waals surface area (Å²) in [4.78, 5) is 0. The van der Waals surface area contributed by atoms with Gasteiger partial charge in [-0.3, -0.25) is 0 Å². The summed E-state index contributed by atoms with van der Waals surface area (Å²) in [5, 5.41) is 0. The summed E-state index contributed by atoms with van der Waals surface area (Å²) in [6.45, 7) is 1.01. The van der Waals surface area contributed by atoms with Crippen LogP contribution >= 0.6 is 0 Å². The summed E-state index contributed by atoms with van der Waals surface area (Å²) in [5.74, 6) is 0.516. The van der Waals surface area contributed by atoms with Crippen molar-refractivity contribution in [2.24, 2.45) is 5.73 Å². The number of benzene rings is 1. The molecule has 2 N–H and O–H groups in total. The molecule has 1 fully saturated rings. The van der Waals surface area contributed by atoms with Crippen LogP contribution in [0.15, 0.2) is 30.3 Å². The van der Waals surface area contributed by atoms with E-state index in [0.29, 0.717) is 25.3 Å². The van der Waals surface area contributed by atoms with Crippen LogP contribution in [0.1, 0.15) is 24.8 Å². The number of nitrogens with two attached hydrogens (primary N) is 1. The molecule has 17 heavy (non-hydrogen) atoms. The second-order valence-electron chi connectivity index (χ2n) is 4.56. The van der Waals surface area contributed by atoms with Gasteiger partial charge in [-0.2, -0.15) is 0 Å². The number of hydrogen-bond acceptors (Lipinski definition) is 3. The van der Waals surface area contributed by atoms with E-state index in [0.717, 1.165) is 13.9 Å². The van der Waals surface area contributed by atoms with E-state index in [1.54, 1.807) is 0 Å².